The molecule has 2 atom stereocenters. The van der Waals surface area contributed by atoms with E-state index in [1.54, 1.807) is 7.11 Å². The van der Waals surface area contributed by atoms with E-state index in [2.05, 4.69) is 46.7 Å². The summed E-state index contributed by atoms with van der Waals surface area (Å²) in [6, 6.07) is 8.54. The SMILES string of the molecule is CCNC(=NCC(C)c1c(C)noc1C)NCC(c1ccc(OC)cc1)N1CCOCC1. The maximum absolute atomic E-state index is 5.58. The van der Waals surface area contributed by atoms with Crippen LogP contribution in [0.3, 0.4) is 0 Å². The number of hydrogen-bond acceptors (Lipinski definition) is 6. The lowest BCUT2D eigenvalue weighted by Gasteiger charge is -2.35. The molecule has 1 aliphatic heterocycles. The van der Waals surface area contributed by atoms with Crippen molar-refractivity contribution in [3.63, 3.8) is 0 Å². The molecule has 2 aromatic rings. The molecule has 176 valence electrons. The summed E-state index contributed by atoms with van der Waals surface area (Å²) < 4.78 is 16.2. The zero-order chi connectivity index (χ0) is 22.9. The van der Waals surface area contributed by atoms with Gasteiger partial charge in [0.05, 0.1) is 32.1 Å². The summed E-state index contributed by atoms with van der Waals surface area (Å²) in [4.78, 5) is 7.32. The fraction of sp³-hybridized carbons (Fsp3) is 0.583. The molecule has 2 heterocycles. The third-order valence-electron chi connectivity index (χ3n) is 5.90. The summed E-state index contributed by atoms with van der Waals surface area (Å²) >= 11 is 0. The number of benzene rings is 1. The van der Waals surface area contributed by atoms with Gasteiger partial charge < -0.3 is 24.6 Å². The van der Waals surface area contributed by atoms with Gasteiger partial charge in [-0.3, -0.25) is 9.89 Å². The molecular formula is C24H37N5O3. The van der Waals surface area contributed by atoms with Gasteiger partial charge in [-0.2, -0.15) is 0 Å². The van der Waals surface area contributed by atoms with Crippen molar-refractivity contribution in [1.29, 1.82) is 0 Å². The van der Waals surface area contributed by atoms with Crippen molar-refractivity contribution in [2.45, 2.75) is 39.7 Å². The molecule has 1 aromatic heterocycles. The van der Waals surface area contributed by atoms with E-state index in [9.17, 15) is 0 Å². The number of methoxy groups -OCH3 is 1. The number of guanidine groups is 1. The summed E-state index contributed by atoms with van der Waals surface area (Å²) in [5, 5.41) is 11.0. The second-order valence-corrected chi connectivity index (χ2v) is 8.18. The lowest BCUT2D eigenvalue weighted by molar-refractivity contribution is 0.0170. The maximum atomic E-state index is 5.58. The quantitative estimate of drug-likeness (QED) is 0.455. The van der Waals surface area contributed by atoms with Gasteiger partial charge >= 0.3 is 0 Å². The number of aromatic nitrogens is 1. The fourth-order valence-corrected chi connectivity index (χ4v) is 4.22. The Labute approximate surface area is 191 Å². The molecule has 0 aliphatic carbocycles. The van der Waals surface area contributed by atoms with Crippen molar-refractivity contribution in [3.8, 4) is 5.75 Å². The zero-order valence-corrected chi connectivity index (χ0v) is 20.0. The number of ether oxygens (including phenoxy) is 2. The minimum atomic E-state index is 0.216. The van der Waals surface area contributed by atoms with Crippen LogP contribution in [0.1, 0.15) is 48.4 Å². The van der Waals surface area contributed by atoms with Crippen molar-refractivity contribution in [3.05, 3.63) is 46.8 Å². The molecule has 1 aliphatic rings. The van der Waals surface area contributed by atoms with Gasteiger partial charge in [-0.1, -0.05) is 24.2 Å². The summed E-state index contributed by atoms with van der Waals surface area (Å²) in [5.74, 6) is 2.78. The van der Waals surface area contributed by atoms with Gasteiger partial charge in [0.25, 0.3) is 0 Å². The molecule has 2 N–H and O–H groups in total. The van der Waals surface area contributed by atoms with Crippen molar-refractivity contribution >= 4 is 5.96 Å². The highest BCUT2D eigenvalue weighted by atomic mass is 16.5. The molecule has 8 nitrogen and oxygen atoms in total. The third-order valence-corrected chi connectivity index (χ3v) is 5.90. The molecular weight excluding hydrogens is 406 g/mol. The maximum Gasteiger partial charge on any atom is 0.191 e. The van der Waals surface area contributed by atoms with Crippen LogP contribution in [0.15, 0.2) is 33.8 Å². The van der Waals surface area contributed by atoms with Gasteiger partial charge in [0.1, 0.15) is 11.5 Å². The second-order valence-electron chi connectivity index (χ2n) is 8.18. The average Bonchev–Trinajstić information content (AvgIpc) is 3.16. The molecule has 3 rings (SSSR count). The Morgan fingerprint density at radius 1 is 1.19 bits per heavy atom. The Morgan fingerprint density at radius 3 is 2.50 bits per heavy atom. The lowest BCUT2D eigenvalue weighted by Crippen LogP contribution is -2.46. The molecule has 0 saturated carbocycles. The van der Waals surface area contributed by atoms with E-state index in [1.165, 1.54) is 5.56 Å². The predicted molar refractivity (Wildman–Crippen MR) is 127 cm³/mol. The Morgan fingerprint density at radius 2 is 1.91 bits per heavy atom. The Kier molecular flexibility index (Phi) is 8.93. The van der Waals surface area contributed by atoms with Crippen LogP contribution in [0.25, 0.3) is 0 Å². The van der Waals surface area contributed by atoms with E-state index >= 15 is 0 Å². The number of nitrogens with zero attached hydrogens (tertiary/aromatic N) is 3. The first-order valence-corrected chi connectivity index (χ1v) is 11.4. The van der Waals surface area contributed by atoms with E-state index in [0.717, 1.165) is 68.1 Å². The zero-order valence-electron chi connectivity index (χ0n) is 20.0. The van der Waals surface area contributed by atoms with Crippen LogP contribution in [-0.4, -0.2) is 69.1 Å². The first-order chi connectivity index (χ1) is 15.5. The molecule has 1 aromatic carbocycles. The molecule has 0 radical (unpaired) electrons. The van der Waals surface area contributed by atoms with Crippen LogP contribution in [0, 0.1) is 13.8 Å². The molecule has 1 saturated heterocycles. The van der Waals surface area contributed by atoms with Gasteiger partial charge in [-0.05, 0) is 38.5 Å². The molecule has 0 amide bonds. The Hall–Kier alpha value is -2.58. The third kappa shape index (κ3) is 6.23. The first kappa shape index (κ1) is 24.1. The van der Waals surface area contributed by atoms with Gasteiger partial charge in [-0.15, -0.1) is 0 Å². The number of nitrogens with one attached hydrogen (secondary N) is 2. The van der Waals surface area contributed by atoms with Crippen molar-refractivity contribution in [2.24, 2.45) is 4.99 Å². The van der Waals surface area contributed by atoms with Gasteiger partial charge in [0.15, 0.2) is 5.96 Å². The monoisotopic (exact) mass is 443 g/mol. The average molecular weight is 444 g/mol. The number of morpholine rings is 1. The largest absolute Gasteiger partial charge is 0.497 e. The summed E-state index contributed by atoms with van der Waals surface area (Å²) in [6.07, 6.45) is 0. The molecule has 1 fully saturated rings. The number of hydrogen-bond donors (Lipinski definition) is 2. The number of aliphatic imine (C=N–C) groups is 1. The van der Waals surface area contributed by atoms with Crippen LogP contribution in [-0.2, 0) is 4.74 Å². The lowest BCUT2D eigenvalue weighted by atomic mass is 10.00. The number of rotatable bonds is 9. The van der Waals surface area contributed by atoms with Gasteiger partial charge in [0, 0.05) is 44.2 Å². The fourth-order valence-electron chi connectivity index (χ4n) is 4.22. The van der Waals surface area contributed by atoms with E-state index in [0.29, 0.717) is 6.54 Å². The smallest absolute Gasteiger partial charge is 0.191 e. The molecule has 0 bridgehead atoms. The summed E-state index contributed by atoms with van der Waals surface area (Å²) in [7, 11) is 1.69. The van der Waals surface area contributed by atoms with E-state index in [1.807, 2.05) is 26.0 Å². The van der Waals surface area contributed by atoms with Gasteiger partial charge in [0.2, 0.25) is 0 Å². The van der Waals surface area contributed by atoms with Crippen molar-refractivity contribution in [2.75, 3.05) is 53.0 Å². The minimum Gasteiger partial charge on any atom is -0.497 e. The van der Waals surface area contributed by atoms with Crippen molar-refractivity contribution in [1.82, 2.24) is 20.7 Å². The standard InChI is InChI=1S/C24H37N5O3/c1-6-25-24(26-15-17(2)23-18(3)28-32-19(23)4)27-16-22(29-11-13-31-14-12-29)20-7-9-21(30-5)10-8-20/h7-10,17,22H,6,11-16H2,1-5H3,(H2,25,26,27). The molecule has 8 heteroatoms. The molecule has 0 spiro atoms. The van der Waals surface area contributed by atoms with E-state index in [4.69, 9.17) is 19.0 Å². The molecule has 32 heavy (non-hydrogen) atoms. The Balaban J connectivity index is 1.71. The van der Waals surface area contributed by atoms with Crippen LogP contribution in [0.2, 0.25) is 0 Å². The topological polar surface area (TPSA) is 84.2 Å². The second kappa shape index (κ2) is 11.9. The highest BCUT2D eigenvalue weighted by Gasteiger charge is 2.23. The van der Waals surface area contributed by atoms with Crippen molar-refractivity contribution < 1.29 is 14.0 Å². The normalized spacial score (nSPS) is 17.1. The summed E-state index contributed by atoms with van der Waals surface area (Å²) in [6.45, 7) is 13.7. The van der Waals surface area contributed by atoms with Crippen LogP contribution in [0.5, 0.6) is 5.75 Å². The first-order valence-electron chi connectivity index (χ1n) is 11.4. The minimum absolute atomic E-state index is 0.216. The predicted octanol–water partition coefficient (Wildman–Crippen LogP) is 3.03. The van der Waals surface area contributed by atoms with Crippen LogP contribution in [0.4, 0.5) is 0 Å². The highest BCUT2D eigenvalue weighted by Crippen LogP contribution is 2.24. The van der Waals surface area contributed by atoms with E-state index < -0.39 is 0 Å². The molecule has 2 unspecified atom stereocenters. The highest BCUT2D eigenvalue weighted by molar-refractivity contribution is 5.79. The van der Waals surface area contributed by atoms with Crippen LogP contribution >= 0.6 is 0 Å². The Bertz CT molecular complexity index is 840. The summed E-state index contributed by atoms with van der Waals surface area (Å²) in [5.41, 5.74) is 3.34. The van der Waals surface area contributed by atoms with Gasteiger partial charge in [-0.25, -0.2) is 0 Å². The van der Waals surface area contributed by atoms with Crippen LogP contribution < -0.4 is 15.4 Å². The van der Waals surface area contributed by atoms with E-state index in [-0.39, 0.29) is 12.0 Å². The number of aryl methyl sites for hydroxylation is 2.